The van der Waals surface area contributed by atoms with Crippen LogP contribution < -0.4 is 21.7 Å². The first-order valence-corrected chi connectivity index (χ1v) is 12.4. The number of anilines is 2. The number of carbonyl (C=O) groups is 3. The van der Waals surface area contributed by atoms with Gasteiger partial charge in [0.1, 0.15) is 16.7 Å². The van der Waals surface area contributed by atoms with E-state index in [0.29, 0.717) is 11.5 Å². The maximum Gasteiger partial charge on any atom is 0.416 e. The summed E-state index contributed by atoms with van der Waals surface area (Å²) in [6.07, 6.45) is -4.75. The van der Waals surface area contributed by atoms with E-state index in [9.17, 15) is 32.7 Å². The van der Waals surface area contributed by atoms with Crippen LogP contribution >= 0.6 is 11.5 Å². The number of nitrogen functional groups attached to an aromatic ring is 1. The van der Waals surface area contributed by atoms with Crippen LogP contribution in [0.3, 0.4) is 0 Å². The van der Waals surface area contributed by atoms with E-state index in [-0.39, 0.29) is 39.8 Å². The van der Waals surface area contributed by atoms with Crippen molar-refractivity contribution in [1.82, 2.24) is 9.69 Å². The Kier molecular flexibility index (Phi) is 8.05. The highest BCUT2D eigenvalue weighted by Gasteiger charge is 2.38. The summed E-state index contributed by atoms with van der Waals surface area (Å²) >= 11 is 0.521. The molecule has 3 aromatic carbocycles. The number of hydrogen-bond acceptors (Lipinski definition) is 7. The van der Waals surface area contributed by atoms with Crippen LogP contribution in [0.1, 0.15) is 42.9 Å². The molecule has 0 aliphatic rings. The third kappa shape index (κ3) is 6.04. The Morgan fingerprint density at radius 2 is 1.68 bits per heavy atom. The lowest BCUT2D eigenvalue weighted by Gasteiger charge is -2.31. The van der Waals surface area contributed by atoms with E-state index in [1.165, 1.54) is 30.3 Å². The number of hydrogen-bond donors (Lipinski definition) is 4. The van der Waals surface area contributed by atoms with E-state index < -0.39 is 35.5 Å². The van der Waals surface area contributed by atoms with Crippen LogP contribution in [0.4, 0.5) is 24.5 Å². The monoisotopic (exact) mass is 569 g/mol. The Balaban J connectivity index is 1.88. The predicted molar refractivity (Wildman–Crippen MR) is 142 cm³/mol. The molecule has 1 atom stereocenters. The average molecular weight is 570 g/mol. The molecule has 0 aliphatic carbocycles. The van der Waals surface area contributed by atoms with Gasteiger partial charge in [0.15, 0.2) is 5.69 Å². The number of phenolic OH excluding ortho intramolecular Hbond substituents is 1. The Hall–Kier alpha value is -4.91. The number of alkyl halides is 3. The Morgan fingerprint density at radius 1 is 1.00 bits per heavy atom. The van der Waals surface area contributed by atoms with E-state index in [4.69, 9.17) is 11.5 Å². The average Bonchev–Trinajstić information content (AvgIpc) is 3.32. The summed E-state index contributed by atoms with van der Waals surface area (Å²) in [5.74, 6) is -2.87. The fraction of sp³-hybridized carbons (Fsp3) is 0.111. The number of nitrogens with two attached hydrogens (primary N) is 2. The van der Waals surface area contributed by atoms with Crippen molar-refractivity contribution in [2.24, 2.45) is 5.73 Å². The summed E-state index contributed by atoms with van der Waals surface area (Å²) in [4.78, 5) is 40.0. The number of amides is 3. The normalized spacial score (nSPS) is 12.0. The van der Waals surface area contributed by atoms with E-state index in [1.807, 2.05) is 0 Å². The van der Waals surface area contributed by atoms with Gasteiger partial charge in [0.2, 0.25) is 5.91 Å². The van der Waals surface area contributed by atoms with Gasteiger partial charge in [-0.2, -0.15) is 17.5 Å². The Bertz CT molecular complexity index is 1540. The number of aromatic nitrogens is 1. The number of rotatable bonds is 8. The highest BCUT2D eigenvalue weighted by atomic mass is 32.1. The fourth-order valence-electron chi connectivity index (χ4n) is 3.91. The topological polar surface area (TPSA) is 152 Å². The molecule has 9 nitrogen and oxygen atoms in total. The summed E-state index contributed by atoms with van der Waals surface area (Å²) < 4.78 is 44.8. The largest absolute Gasteiger partial charge is 0.508 e. The number of benzene rings is 3. The molecule has 0 saturated heterocycles. The lowest BCUT2D eigenvalue weighted by atomic mass is 10.0. The first-order valence-electron chi connectivity index (χ1n) is 11.6. The molecule has 0 saturated carbocycles. The summed E-state index contributed by atoms with van der Waals surface area (Å²) in [6, 6.07) is 16.5. The van der Waals surface area contributed by atoms with Gasteiger partial charge in [-0.1, -0.05) is 48.5 Å². The first-order chi connectivity index (χ1) is 19.0. The lowest BCUT2D eigenvalue weighted by Crippen LogP contribution is -2.44. The number of halogens is 3. The molecule has 6 N–H and O–H groups in total. The molecular weight excluding hydrogens is 547 g/mol. The minimum atomic E-state index is -4.75. The SMILES string of the molecule is NC(=O)c1nsc(C(=O)N(c2cccc(C(F)(F)F)c2)C(C(=O)NCc2ccccc2)c2ccc(O)cc2)c1N. The first kappa shape index (κ1) is 28.1. The summed E-state index contributed by atoms with van der Waals surface area (Å²) in [5, 5.41) is 12.5. The van der Waals surface area contributed by atoms with Crippen molar-refractivity contribution in [3.63, 3.8) is 0 Å². The number of nitrogens with zero attached hydrogens (tertiary/aromatic N) is 2. The summed E-state index contributed by atoms with van der Waals surface area (Å²) in [6.45, 7) is 0.0490. The molecule has 3 amide bonds. The highest BCUT2D eigenvalue weighted by molar-refractivity contribution is 7.09. The molecule has 206 valence electrons. The van der Waals surface area contributed by atoms with Gasteiger partial charge in [0.25, 0.3) is 11.8 Å². The number of carbonyl (C=O) groups excluding carboxylic acids is 3. The second-order valence-corrected chi connectivity index (χ2v) is 9.33. The number of primary amides is 1. The smallest absolute Gasteiger partial charge is 0.416 e. The third-order valence-electron chi connectivity index (χ3n) is 5.85. The molecule has 1 aromatic heterocycles. The molecular formula is C27H22F3N5O4S. The van der Waals surface area contributed by atoms with E-state index >= 15 is 0 Å². The second kappa shape index (κ2) is 11.5. The zero-order valence-electron chi connectivity index (χ0n) is 20.6. The Morgan fingerprint density at radius 3 is 2.27 bits per heavy atom. The molecule has 40 heavy (non-hydrogen) atoms. The van der Waals surface area contributed by atoms with Gasteiger partial charge >= 0.3 is 6.18 Å². The van der Waals surface area contributed by atoms with E-state index in [1.54, 1.807) is 30.3 Å². The van der Waals surface area contributed by atoms with Crippen LogP contribution in [0.25, 0.3) is 0 Å². The van der Waals surface area contributed by atoms with Gasteiger partial charge in [-0.05, 0) is 53.0 Å². The van der Waals surface area contributed by atoms with Crippen LogP contribution in [-0.4, -0.2) is 27.2 Å². The number of phenols is 1. The van der Waals surface area contributed by atoms with Gasteiger partial charge in [-0.3, -0.25) is 19.3 Å². The third-order valence-corrected chi connectivity index (χ3v) is 6.70. The van der Waals surface area contributed by atoms with E-state index in [2.05, 4.69) is 9.69 Å². The minimum absolute atomic E-state index is 0.0490. The molecule has 0 spiro atoms. The maximum atomic E-state index is 14.0. The lowest BCUT2D eigenvalue weighted by molar-refractivity contribution is -0.137. The summed E-state index contributed by atoms with van der Waals surface area (Å²) in [5.41, 5.74) is 10.1. The van der Waals surface area contributed by atoms with Gasteiger partial charge in [0.05, 0.1) is 11.3 Å². The number of aromatic hydroxyl groups is 1. The number of nitrogens with one attached hydrogen (secondary N) is 1. The molecule has 0 aliphatic heterocycles. The van der Waals surface area contributed by atoms with Crippen molar-refractivity contribution in [2.45, 2.75) is 18.8 Å². The van der Waals surface area contributed by atoms with Crippen molar-refractivity contribution in [2.75, 3.05) is 10.6 Å². The standard InChI is InChI=1S/C27H22F3N5O4S/c28-27(29,30)17-7-4-8-18(13-17)35(26(39)23-20(31)21(24(32)37)34-40-23)22(16-9-11-19(36)12-10-16)25(38)33-14-15-5-2-1-3-6-15/h1-13,22,36H,14,31H2,(H2,32,37)(H,33,38). The molecule has 0 bridgehead atoms. The van der Waals surface area contributed by atoms with Crippen LogP contribution in [0.2, 0.25) is 0 Å². The maximum absolute atomic E-state index is 14.0. The minimum Gasteiger partial charge on any atom is -0.508 e. The van der Waals surface area contributed by atoms with Crippen molar-refractivity contribution in [3.05, 3.63) is 106 Å². The fourth-order valence-corrected chi connectivity index (χ4v) is 4.65. The van der Waals surface area contributed by atoms with Crippen molar-refractivity contribution < 1.29 is 32.7 Å². The highest BCUT2D eigenvalue weighted by Crippen LogP contribution is 2.37. The van der Waals surface area contributed by atoms with Crippen LogP contribution in [0.15, 0.2) is 78.9 Å². The Labute approximate surface area is 230 Å². The van der Waals surface area contributed by atoms with Crippen molar-refractivity contribution in [1.29, 1.82) is 0 Å². The van der Waals surface area contributed by atoms with Crippen LogP contribution in [-0.2, 0) is 17.5 Å². The van der Waals surface area contributed by atoms with Gasteiger partial charge < -0.3 is 21.9 Å². The second-order valence-electron chi connectivity index (χ2n) is 8.56. The molecule has 13 heteroatoms. The molecule has 4 aromatic rings. The molecule has 1 unspecified atom stereocenters. The molecule has 0 radical (unpaired) electrons. The van der Waals surface area contributed by atoms with Crippen molar-refractivity contribution in [3.8, 4) is 5.75 Å². The molecule has 4 rings (SSSR count). The zero-order chi connectivity index (χ0) is 29.0. The predicted octanol–water partition coefficient (Wildman–Crippen LogP) is 4.25. The van der Waals surface area contributed by atoms with Gasteiger partial charge in [-0.25, -0.2) is 0 Å². The molecule has 1 heterocycles. The van der Waals surface area contributed by atoms with Gasteiger partial charge in [0, 0.05) is 12.2 Å². The van der Waals surface area contributed by atoms with E-state index in [0.717, 1.165) is 28.7 Å². The van der Waals surface area contributed by atoms with Crippen LogP contribution in [0, 0.1) is 0 Å². The van der Waals surface area contributed by atoms with Crippen LogP contribution in [0.5, 0.6) is 5.75 Å². The van der Waals surface area contributed by atoms with Gasteiger partial charge in [-0.15, -0.1) is 0 Å². The zero-order valence-corrected chi connectivity index (χ0v) is 21.4. The summed E-state index contributed by atoms with van der Waals surface area (Å²) in [7, 11) is 0. The molecule has 0 fully saturated rings. The quantitative estimate of drug-likeness (QED) is 0.249. The van der Waals surface area contributed by atoms with Crippen molar-refractivity contribution >= 4 is 40.6 Å².